The fourth-order valence-electron chi connectivity index (χ4n) is 2.88. The second-order valence-corrected chi connectivity index (χ2v) is 5.76. The van der Waals surface area contributed by atoms with Crippen LogP contribution in [-0.2, 0) is 11.2 Å². The van der Waals surface area contributed by atoms with Crippen LogP contribution in [0.2, 0.25) is 0 Å². The molecule has 1 N–H and O–H groups in total. The Balaban J connectivity index is 2.05. The van der Waals surface area contributed by atoms with Crippen LogP contribution in [0, 0.1) is 5.92 Å². The third kappa shape index (κ3) is 3.40. The largest absolute Gasteiger partial charge is 0.341 e. The Bertz CT molecular complexity index is 441. The SMILES string of the molecule is CCc1ccc(C(CN2CCCC(C)C2=O)NC)cc1. The molecule has 0 bridgehead atoms. The molecule has 2 rings (SSSR count). The minimum Gasteiger partial charge on any atom is -0.341 e. The number of amides is 1. The number of hydrogen-bond donors (Lipinski definition) is 1. The second kappa shape index (κ2) is 6.89. The van der Waals surface area contributed by atoms with Gasteiger partial charge in [-0.25, -0.2) is 0 Å². The van der Waals surface area contributed by atoms with Crippen LogP contribution in [0.15, 0.2) is 24.3 Å². The van der Waals surface area contributed by atoms with Crippen molar-refractivity contribution >= 4 is 5.91 Å². The number of nitrogens with zero attached hydrogens (tertiary/aromatic N) is 1. The van der Waals surface area contributed by atoms with E-state index < -0.39 is 0 Å². The van der Waals surface area contributed by atoms with Crippen LogP contribution in [0.25, 0.3) is 0 Å². The molecule has 0 radical (unpaired) electrons. The zero-order chi connectivity index (χ0) is 14.5. The number of benzene rings is 1. The van der Waals surface area contributed by atoms with Crippen molar-refractivity contribution in [3.8, 4) is 0 Å². The van der Waals surface area contributed by atoms with E-state index >= 15 is 0 Å². The third-order valence-electron chi connectivity index (χ3n) is 4.34. The summed E-state index contributed by atoms with van der Waals surface area (Å²) in [7, 11) is 1.97. The first kappa shape index (κ1) is 15.0. The highest BCUT2D eigenvalue weighted by Gasteiger charge is 2.27. The highest BCUT2D eigenvalue weighted by atomic mass is 16.2. The number of piperidine rings is 1. The molecule has 3 heteroatoms. The van der Waals surface area contributed by atoms with Crippen LogP contribution in [-0.4, -0.2) is 30.9 Å². The van der Waals surface area contributed by atoms with Crippen LogP contribution in [0.1, 0.15) is 43.9 Å². The Morgan fingerprint density at radius 3 is 2.65 bits per heavy atom. The molecule has 2 atom stereocenters. The predicted molar refractivity (Wildman–Crippen MR) is 82.6 cm³/mol. The lowest BCUT2D eigenvalue weighted by atomic mass is 9.97. The molecule has 1 saturated heterocycles. The van der Waals surface area contributed by atoms with Gasteiger partial charge in [0.1, 0.15) is 0 Å². The topological polar surface area (TPSA) is 32.3 Å². The van der Waals surface area contributed by atoms with Gasteiger partial charge in [-0.1, -0.05) is 38.1 Å². The van der Waals surface area contributed by atoms with Gasteiger partial charge in [-0.15, -0.1) is 0 Å². The fraction of sp³-hybridized carbons (Fsp3) is 0.588. The summed E-state index contributed by atoms with van der Waals surface area (Å²) in [6, 6.07) is 8.94. The number of carbonyl (C=O) groups excluding carboxylic acids is 1. The van der Waals surface area contributed by atoms with Gasteiger partial charge >= 0.3 is 0 Å². The van der Waals surface area contributed by atoms with Crippen molar-refractivity contribution in [2.24, 2.45) is 5.92 Å². The molecule has 1 aromatic carbocycles. The van der Waals surface area contributed by atoms with E-state index in [9.17, 15) is 4.79 Å². The minimum atomic E-state index is 0.184. The van der Waals surface area contributed by atoms with E-state index in [1.165, 1.54) is 11.1 Å². The summed E-state index contributed by atoms with van der Waals surface area (Å²) in [5, 5.41) is 3.34. The Labute approximate surface area is 122 Å². The lowest BCUT2D eigenvalue weighted by molar-refractivity contribution is -0.138. The summed E-state index contributed by atoms with van der Waals surface area (Å²) >= 11 is 0. The summed E-state index contributed by atoms with van der Waals surface area (Å²) in [4.78, 5) is 14.2. The van der Waals surface area contributed by atoms with E-state index in [4.69, 9.17) is 0 Å². The minimum absolute atomic E-state index is 0.184. The molecule has 1 aliphatic heterocycles. The van der Waals surface area contributed by atoms with Crippen molar-refractivity contribution in [3.63, 3.8) is 0 Å². The molecule has 1 aliphatic rings. The fourth-order valence-corrected chi connectivity index (χ4v) is 2.88. The molecule has 1 fully saturated rings. The number of rotatable bonds is 5. The first-order chi connectivity index (χ1) is 9.65. The molecule has 0 spiro atoms. The van der Waals surface area contributed by atoms with Crippen molar-refractivity contribution in [2.75, 3.05) is 20.1 Å². The number of likely N-dealkylation sites (N-methyl/N-ethyl adjacent to an activating group) is 1. The molecule has 0 saturated carbocycles. The van der Waals surface area contributed by atoms with E-state index in [0.29, 0.717) is 5.91 Å². The number of carbonyl (C=O) groups is 1. The van der Waals surface area contributed by atoms with Crippen molar-refractivity contribution in [1.29, 1.82) is 0 Å². The van der Waals surface area contributed by atoms with E-state index in [1.54, 1.807) is 0 Å². The van der Waals surface area contributed by atoms with Gasteiger partial charge in [0.05, 0.1) is 0 Å². The van der Waals surface area contributed by atoms with E-state index in [0.717, 1.165) is 32.4 Å². The summed E-state index contributed by atoms with van der Waals surface area (Å²) in [6.45, 7) is 5.87. The molecule has 0 aliphatic carbocycles. The van der Waals surface area contributed by atoms with E-state index in [2.05, 4.69) is 36.5 Å². The Morgan fingerprint density at radius 1 is 1.35 bits per heavy atom. The molecule has 0 aromatic heterocycles. The quantitative estimate of drug-likeness (QED) is 0.895. The zero-order valence-electron chi connectivity index (χ0n) is 12.9. The third-order valence-corrected chi connectivity index (χ3v) is 4.34. The smallest absolute Gasteiger partial charge is 0.225 e. The predicted octanol–water partition coefficient (Wildman–Crippen LogP) is 2.77. The lowest BCUT2D eigenvalue weighted by Crippen LogP contribution is -2.44. The Morgan fingerprint density at radius 2 is 2.05 bits per heavy atom. The van der Waals surface area contributed by atoms with Crippen LogP contribution in [0.5, 0.6) is 0 Å². The molecule has 110 valence electrons. The molecule has 3 nitrogen and oxygen atoms in total. The van der Waals surface area contributed by atoms with Gasteiger partial charge in [0, 0.05) is 25.0 Å². The first-order valence-electron chi connectivity index (χ1n) is 7.70. The maximum Gasteiger partial charge on any atom is 0.225 e. The normalized spacial score (nSPS) is 21.1. The summed E-state index contributed by atoms with van der Waals surface area (Å²) in [5.41, 5.74) is 2.61. The average Bonchev–Trinajstić information content (AvgIpc) is 2.49. The van der Waals surface area contributed by atoms with Crippen LogP contribution in [0.3, 0.4) is 0 Å². The molecule has 1 heterocycles. The lowest BCUT2D eigenvalue weighted by Gasteiger charge is -2.33. The number of hydrogen-bond acceptors (Lipinski definition) is 2. The highest BCUT2D eigenvalue weighted by Crippen LogP contribution is 2.21. The second-order valence-electron chi connectivity index (χ2n) is 5.76. The van der Waals surface area contributed by atoms with Crippen molar-refractivity contribution in [2.45, 2.75) is 39.2 Å². The maximum atomic E-state index is 12.2. The van der Waals surface area contributed by atoms with Gasteiger partial charge < -0.3 is 10.2 Å². The summed E-state index contributed by atoms with van der Waals surface area (Å²) < 4.78 is 0. The van der Waals surface area contributed by atoms with Crippen LogP contribution in [0.4, 0.5) is 0 Å². The molecular formula is C17H26N2O. The van der Waals surface area contributed by atoms with Gasteiger partial charge in [-0.2, -0.15) is 0 Å². The van der Waals surface area contributed by atoms with Crippen molar-refractivity contribution < 1.29 is 4.79 Å². The summed E-state index contributed by atoms with van der Waals surface area (Å²) in [6.07, 6.45) is 3.22. The monoisotopic (exact) mass is 274 g/mol. The van der Waals surface area contributed by atoms with Crippen molar-refractivity contribution in [3.05, 3.63) is 35.4 Å². The number of aryl methyl sites for hydroxylation is 1. The maximum absolute atomic E-state index is 12.2. The van der Waals surface area contributed by atoms with Gasteiger partial charge in [-0.3, -0.25) is 4.79 Å². The van der Waals surface area contributed by atoms with E-state index in [-0.39, 0.29) is 12.0 Å². The standard InChI is InChI=1S/C17H26N2O/c1-4-14-7-9-15(10-8-14)16(18-3)12-19-11-5-6-13(2)17(19)20/h7-10,13,16,18H,4-6,11-12H2,1-3H3. The number of likely N-dealkylation sites (tertiary alicyclic amines) is 1. The van der Waals surface area contributed by atoms with Gasteiger partial charge in [0.2, 0.25) is 5.91 Å². The molecule has 1 amide bonds. The first-order valence-corrected chi connectivity index (χ1v) is 7.70. The summed E-state index contributed by atoms with van der Waals surface area (Å²) in [5.74, 6) is 0.491. The van der Waals surface area contributed by atoms with Gasteiger partial charge in [0.25, 0.3) is 0 Å². The molecule has 1 aromatic rings. The van der Waals surface area contributed by atoms with Crippen LogP contribution >= 0.6 is 0 Å². The number of nitrogens with one attached hydrogen (secondary N) is 1. The Hall–Kier alpha value is -1.35. The van der Waals surface area contributed by atoms with Crippen molar-refractivity contribution in [1.82, 2.24) is 10.2 Å². The molecule has 2 unspecified atom stereocenters. The Kier molecular flexibility index (Phi) is 5.18. The molecular weight excluding hydrogens is 248 g/mol. The van der Waals surface area contributed by atoms with Gasteiger partial charge in [-0.05, 0) is 37.4 Å². The van der Waals surface area contributed by atoms with Gasteiger partial charge in [0.15, 0.2) is 0 Å². The average molecular weight is 274 g/mol. The van der Waals surface area contributed by atoms with E-state index in [1.807, 2.05) is 18.9 Å². The van der Waals surface area contributed by atoms with Crippen LogP contribution < -0.4 is 5.32 Å². The zero-order valence-corrected chi connectivity index (χ0v) is 12.9. The highest BCUT2D eigenvalue weighted by molar-refractivity contribution is 5.79. The molecule has 20 heavy (non-hydrogen) atoms.